The highest BCUT2D eigenvalue weighted by Gasteiger charge is 2.27. The summed E-state index contributed by atoms with van der Waals surface area (Å²) in [5.41, 5.74) is 0.635. The van der Waals surface area contributed by atoms with Crippen LogP contribution in [0.5, 0.6) is 0 Å². The van der Waals surface area contributed by atoms with Crippen LogP contribution in [-0.4, -0.2) is 20.9 Å². The van der Waals surface area contributed by atoms with Gasteiger partial charge in [-0.3, -0.25) is 9.10 Å². The van der Waals surface area contributed by atoms with Gasteiger partial charge in [-0.1, -0.05) is 59.1 Å². The Kier molecular flexibility index (Phi) is 6.70. The predicted octanol–water partition coefficient (Wildman–Crippen LogP) is 5.48. The molecular formula is C20H15Cl3N2O3S. The lowest BCUT2D eigenvalue weighted by Gasteiger charge is -2.24. The Morgan fingerprint density at radius 3 is 2.17 bits per heavy atom. The third kappa shape index (κ3) is 5.03. The van der Waals surface area contributed by atoms with Gasteiger partial charge in [-0.05, 0) is 48.5 Å². The maximum absolute atomic E-state index is 13.2. The molecule has 0 aliphatic rings. The largest absolute Gasteiger partial charge is 0.323 e. The molecule has 3 aromatic carbocycles. The Bertz CT molecular complexity index is 1120. The zero-order valence-electron chi connectivity index (χ0n) is 14.8. The first kappa shape index (κ1) is 21.5. The highest BCUT2D eigenvalue weighted by Crippen LogP contribution is 2.30. The van der Waals surface area contributed by atoms with Gasteiger partial charge in [0, 0.05) is 5.02 Å². The SMILES string of the molecule is O=C(CN(c1ccccc1)S(=O)(=O)c1ccc(Cl)cc1)Nc1cccc(Cl)c1Cl. The van der Waals surface area contributed by atoms with E-state index >= 15 is 0 Å². The lowest BCUT2D eigenvalue weighted by molar-refractivity contribution is -0.114. The van der Waals surface area contributed by atoms with Crippen molar-refractivity contribution in [3.8, 4) is 0 Å². The van der Waals surface area contributed by atoms with E-state index in [2.05, 4.69) is 5.32 Å². The van der Waals surface area contributed by atoms with Crippen molar-refractivity contribution in [2.24, 2.45) is 0 Å². The lowest BCUT2D eigenvalue weighted by Crippen LogP contribution is -2.38. The number of nitrogens with one attached hydrogen (secondary N) is 1. The topological polar surface area (TPSA) is 66.5 Å². The van der Waals surface area contributed by atoms with Crippen molar-refractivity contribution < 1.29 is 13.2 Å². The number of hydrogen-bond donors (Lipinski definition) is 1. The summed E-state index contributed by atoms with van der Waals surface area (Å²) in [4.78, 5) is 12.7. The molecule has 0 spiro atoms. The van der Waals surface area contributed by atoms with Crippen LogP contribution in [0.4, 0.5) is 11.4 Å². The van der Waals surface area contributed by atoms with Crippen molar-refractivity contribution in [3.63, 3.8) is 0 Å². The summed E-state index contributed by atoms with van der Waals surface area (Å²) in [5, 5.41) is 3.46. The first-order chi connectivity index (χ1) is 13.8. The number of halogens is 3. The van der Waals surface area contributed by atoms with E-state index in [9.17, 15) is 13.2 Å². The Balaban J connectivity index is 1.93. The average Bonchev–Trinajstić information content (AvgIpc) is 2.70. The van der Waals surface area contributed by atoms with Crippen molar-refractivity contribution in [1.29, 1.82) is 0 Å². The number of hydrogen-bond acceptors (Lipinski definition) is 3. The number of benzene rings is 3. The predicted molar refractivity (Wildman–Crippen MR) is 118 cm³/mol. The molecule has 1 amide bonds. The van der Waals surface area contributed by atoms with Crippen molar-refractivity contribution in [1.82, 2.24) is 0 Å². The van der Waals surface area contributed by atoms with E-state index in [-0.39, 0.29) is 14.9 Å². The van der Waals surface area contributed by atoms with Gasteiger partial charge in [-0.15, -0.1) is 0 Å². The van der Waals surface area contributed by atoms with E-state index in [0.717, 1.165) is 4.31 Å². The maximum Gasteiger partial charge on any atom is 0.264 e. The second kappa shape index (κ2) is 9.05. The van der Waals surface area contributed by atoms with Crippen molar-refractivity contribution in [2.75, 3.05) is 16.2 Å². The van der Waals surface area contributed by atoms with E-state index in [4.69, 9.17) is 34.8 Å². The summed E-state index contributed by atoms with van der Waals surface area (Å²) in [6.45, 7) is -0.461. The second-order valence-electron chi connectivity index (χ2n) is 5.95. The molecule has 0 aliphatic carbocycles. The zero-order valence-corrected chi connectivity index (χ0v) is 17.9. The quantitative estimate of drug-likeness (QED) is 0.520. The van der Waals surface area contributed by atoms with Crippen LogP contribution in [0.1, 0.15) is 0 Å². The Morgan fingerprint density at radius 2 is 1.52 bits per heavy atom. The minimum atomic E-state index is -4.02. The molecule has 0 fully saturated rings. The molecule has 0 heterocycles. The summed E-state index contributed by atoms with van der Waals surface area (Å²) in [6.07, 6.45) is 0. The molecule has 0 atom stereocenters. The fraction of sp³-hybridized carbons (Fsp3) is 0.0500. The fourth-order valence-corrected chi connectivity index (χ4v) is 4.46. The summed E-state index contributed by atoms with van der Waals surface area (Å²) in [5.74, 6) is -0.574. The molecule has 1 N–H and O–H groups in total. The first-order valence-corrected chi connectivity index (χ1v) is 10.9. The van der Waals surface area contributed by atoms with Crippen molar-refractivity contribution >= 4 is 62.1 Å². The van der Waals surface area contributed by atoms with Crippen molar-refractivity contribution in [2.45, 2.75) is 4.90 Å². The number of amides is 1. The molecule has 3 aromatic rings. The molecule has 0 aromatic heterocycles. The van der Waals surface area contributed by atoms with Crippen LogP contribution in [0.3, 0.4) is 0 Å². The van der Waals surface area contributed by atoms with Crippen LogP contribution in [-0.2, 0) is 14.8 Å². The third-order valence-corrected chi connectivity index (χ3v) is 6.82. The summed E-state index contributed by atoms with van der Waals surface area (Å²) in [7, 11) is -4.02. The molecule has 9 heteroatoms. The van der Waals surface area contributed by atoms with Crippen LogP contribution < -0.4 is 9.62 Å². The van der Waals surface area contributed by atoms with E-state index in [1.807, 2.05) is 0 Å². The van der Waals surface area contributed by atoms with Gasteiger partial charge in [0.2, 0.25) is 5.91 Å². The van der Waals surface area contributed by atoms with Gasteiger partial charge >= 0.3 is 0 Å². The monoisotopic (exact) mass is 468 g/mol. The van der Waals surface area contributed by atoms with E-state index in [0.29, 0.717) is 16.4 Å². The minimum Gasteiger partial charge on any atom is -0.323 e. The molecule has 0 radical (unpaired) electrons. The normalized spacial score (nSPS) is 11.1. The summed E-state index contributed by atoms with van der Waals surface area (Å²) >= 11 is 17.9. The number of carbonyl (C=O) groups excluding carboxylic acids is 1. The van der Waals surface area contributed by atoms with Crippen molar-refractivity contribution in [3.05, 3.63) is 87.9 Å². The summed E-state index contributed by atoms with van der Waals surface area (Å²) in [6, 6.07) is 18.8. The van der Waals surface area contributed by atoms with Crippen LogP contribution in [0.15, 0.2) is 77.7 Å². The van der Waals surface area contributed by atoms with E-state index < -0.39 is 22.5 Å². The fourth-order valence-electron chi connectivity index (χ4n) is 2.56. The number of rotatable bonds is 6. The Labute approximate surface area is 183 Å². The minimum absolute atomic E-state index is 0.0133. The highest BCUT2D eigenvalue weighted by atomic mass is 35.5. The molecule has 0 aliphatic heterocycles. The average molecular weight is 470 g/mol. The number of sulfonamides is 1. The first-order valence-electron chi connectivity index (χ1n) is 8.36. The van der Waals surface area contributed by atoms with Crippen LogP contribution in [0.2, 0.25) is 15.1 Å². The maximum atomic E-state index is 13.2. The van der Waals surface area contributed by atoms with Crippen LogP contribution in [0, 0.1) is 0 Å². The summed E-state index contributed by atoms with van der Waals surface area (Å²) < 4.78 is 27.4. The van der Waals surface area contributed by atoms with Crippen LogP contribution >= 0.6 is 34.8 Å². The van der Waals surface area contributed by atoms with Gasteiger partial charge in [0.05, 0.1) is 26.3 Å². The van der Waals surface area contributed by atoms with Gasteiger partial charge in [-0.25, -0.2) is 8.42 Å². The van der Waals surface area contributed by atoms with Gasteiger partial charge < -0.3 is 5.32 Å². The molecule has 5 nitrogen and oxygen atoms in total. The molecule has 29 heavy (non-hydrogen) atoms. The number of para-hydroxylation sites is 1. The Hall–Kier alpha value is -2.25. The second-order valence-corrected chi connectivity index (χ2v) is 9.03. The van der Waals surface area contributed by atoms with Crippen LogP contribution in [0.25, 0.3) is 0 Å². The molecule has 0 bridgehead atoms. The van der Waals surface area contributed by atoms with Gasteiger partial charge in [0.25, 0.3) is 10.0 Å². The van der Waals surface area contributed by atoms with Gasteiger partial charge in [0.15, 0.2) is 0 Å². The number of anilines is 2. The number of nitrogens with zero attached hydrogens (tertiary/aromatic N) is 1. The molecule has 150 valence electrons. The zero-order chi connectivity index (χ0) is 21.0. The molecule has 0 saturated carbocycles. The Morgan fingerprint density at radius 1 is 0.862 bits per heavy atom. The van der Waals surface area contributed by atoms with E-state index in [1.54, 1.807) is 48.5 Å². The molecular weight excluding hydrogens is 455 g/mol. The van der Waals surface area contributed by atoms with E-state index in [1.165, 1.54) is 24.3 Å². The van der Waals surface area contributed by atoms with Gasteiger partial charge in [-0.2, -0.15) is 0 Å². The lowest BCUT2D eigenvalue weighted by atomic mass is 10.3. The standard InChI is InChI=1S/C20H15Cl3N2O3S/c21-14-9-11-16(12-10-14)29(27,28)25(15-5-2-1-3-6-15)13-19(26)24-18-8-4-7-17(22)20(18)23/h1-12H,13H2,(H,24,26). The smallest absolute Gasteiger partial charge is 0.264 e. The highest BCUT2D eigenvalue weighted by molar-refractivity contribution is 7.92. The molecule has 0 saturated heterocycles. The third-order valence-electron chi connectivity index (χ3n) is 3.96. The molecule has 0 unspecified atom stereocenters. The number of carbonyl (C=O) groups is 1. The molecule has 3 rings (SSSR count). The van der Waals surface area contributed by atoms with Gasteiger partial charge in [0.1, 0.15) is 6.54 Å².